The van der Waals surface area contributed by atoms with Gasteiger partial charge in [0.2, 0.25) is 0 Å². The zero-order valence-electron chi connectivity index (χ0n) is 10.7. The van der Waals surface area contributed by atoms with Crippen LogP contribution in [0.3, 0.4) is 0 Å². The Morgan fingerprint density at radius 3 is 2.48 bits per heavy atom. The summed E-state index contributed by atoms with van der Waals surface area (Å²) in [5, 5.41) is 8.97. The average Bonchev–Trinajstić information content (AvgIpc) is 2.85. The highest BCUT2D eigenvalue weighted by atomic mass is 19.4. The largest absolute Gasteiger partial charge is 0.480 e. The van der Waals surface area contributed by atoms with Crippen LogP contribution < -0.4 is 0 Å². The highest BCUT2D eigenvalue weighted by Crippen LogP contribution is 2.32. The van der Waals surface area contributed by atoms with Crippen molar-refractivity contribution in [2.24, 2.45) is 0 Å². The van der Waals surface area contributed by atoms with Crippen molar-refractivity contribution >= 4 is 11.9 Å². The SMILES string of the molecule is O=C(O)C1CCCN1C(=O)c1ccc(C(F)(F)F)c(F)c1. The highest BCUT2D eigenvalue weighted by molar-refractivity contribution is 5.97. The molecule has 2 rings (SSSR count). The number of amides is 1. The van der Waals surface area contributed by atoms with Crippen LogP contribution in [-0.2, 0) is 11.0 Å². The molecule has 0 aliphatic carbocycles. The van der Waals surface area contributed by atoms with Gasteiger partial charge in [-0.1, -0.05) is 0 Å². The number of alkyl halides is 3. The fraction of sp³-hybridized carbons (Fsp3) is 0.385. The number of aliphatic carboxylic acids is 1. The summed E-state index contributed by atoms with van der Waals surface area (Å²) < 4.78 is 50.8. The number of carboxylic acid groups (broad SMARTS) is 1. The molecule has 0 aromatic heterocycles. The molecule has 1 aromatic carbocycles. The van der Waals surface area contributed by atoms with Crippen molar-refractivity contribution in [1.82, 2.24) is 4.90 Å². The van der Waals surface area contributed by atoms with Gasteiger partial charge in [0.1, 0.15) is 11.9 Å². The molecule has 1 heterocycles. The van der Waals surface area contributed by atoms with Crippen molar-refractivity contribution in [2.75, 3.05) is 6.54 Å². The number of carbonyl (C=O) groups excluding carboxylic acids is 1. The Labute approximate surface area is 117 Å². The van der Waals surface area contributed by atoms with Crippen LogP contribution in [0.2, 0.25) is 0 Å². The predicted molar refractivity (Wildman–Crippen MR) is 63.1 cm³/mol. The Morgan fingerprint density at radius 1 is 1.29 bits per heavy atom. The number of benzene rings is 1. The number of likely N-dealkylation sites (tertiary alicyclic amines) is 1. The fourth-order valence-electron chi connectivity index (χ4n) is 2.31. The summed E-state index contributed by atoms with van der Waals surface area (Å²) >= 11 is 0. The summed E-state index contributed by atoms with van der Waals surface area (Å²) in [5.74, 6) is -3.53. The molecule has 0 saturated carbocycles. The van der Waals surface area contributed by atoms with Gasteiger partial charge >= 0.3 is 12.1 Å². The standard InChI is InChI=1S/C13H11F4NO3/c14-9-6-7(3-4-8(9)13(15,16)17)11(19)18-5-1-2-10(18)12(20)21/h3-4,6,10H,1-2,5H2,(H,20,21). The minimum atomic E-state index is -4.84. The third-order valence-electron chi connectivity index (χ3n) is 3.32. The molecule has 0 spiro atoms. The number of nitrogens with zero attached hydrogens (tertiary/aromatic N) is 1. The van der Waals surface area contributed by atoms with Crippen molar-refractivity contribution in [1.29, 1.82) is 0 Å². The fourth-order valence-corrected chi connectivity index (χ4v) is 2.31. The average molecular weight is 305 g/mol. The monoisotopic (exact) mass is 305 g/mol. The first-order valence-corrected chi connectivity index (χ1v) is 6.12. The van der Waals surface area contributed by atoms with Gasteiger partial charge < -0.3 is 10.0 Å². The molecule has 1 fully saturated rings. The van der Waals surface area contributed by atoms with Crippen LogP contribution in [-0.4, -0.2) is 34.5 Å². The van der Waals surface area contributed by atoms with Crippen molar-refractivity contribution in [3.63, 3.8) is 0 Å². The second-order valence-electron chi connectivity index (χ2n) is 4.69. The summed E-state index contributed by atoms with van der Waals surface area (Å²) in [6.45, 7) is 0.179. The second-order valence-corrected chi connectivity index (χ2v) is 4.69. The molecule has 1 aromatic rings. The van der Waals surface area contributed by atoms with Crippen LogP contribution in [0.1, 0.15) is 28.8 Å². The molecule has 1 atom stereocenters. The zero-order valence-corrected chi connectivity index (χ0v) is 10.7. The van der Waals surface area contributed by atoms with Gasteiger partial charge in [-0.15, -0.1) is 0 Å². The molecule has 1 unspecified atom stereocenters. The van der Waals surface area contributed by atoms with E-state index in [-0.39, 0.29) is 18.5 Å². The van der Waals surface area contributed by atoms with E-state index < -0.39 is 35.5 Å². The smallest absolute Gasteiger partial charge is 0.419 e. The van der Waals surface area contributed by atoms with E-state index in [0.717, 1.165) is 11.0 Å². The van der Waals surface area contributed by atoms with Crippen LogP contribution in [0.25, 0.3) is 0 Å². The van der Waals surface area contributed by atoms with Gasteiger partial charge in [-0.3, -0.25) is 4.79 Å². The topological polar surface area (TPSA) is 57.6 Å². The van der Waals surface area contributed by atoms with Crippen LogP contribution in [0.4, 0.5) is 17.6 Å². The normalized spacial score (nSPS) is 18.9. The maximum atomic E-state index is 13.4. The van der Waals surface area contributed by atoms with Crippen molar-refractivity contribution in [3.05, 3.63) is 35.1 Å². The molecule has 1 N–H and O–H groups in total. The minimum Gasteiger partial charge on any atom is -0.480 e. The van der Waals surface area contributed by atoms with E-state index in [1.807, 2.05) is 0 Å². The Hall–Kier alpha value is -2.12. The van der Waals surface area contributed by atoms with Gasteiger partial charge in [0, 0.05) is 12.1 Å². The molecule has 1 aliphatic rings. The van der Waals surface area contributed by atoms with Gasteiger partial charge in [0.25, 0.3) is 5.91 Å². The quantitative estimate of drug-likeness (QED) is 0.854. The van der Waals surface area contributed by atoms with Gasteiger partial charge in [0.05, 0.1) is 5.56 Å². The van der Waals surface area contributed by atoms with Crippen LogP contribution in [0.5, 0.6) is 0 Å². The van der Waals surface area contributed by atoms with Gasteiger partial charge in [0.15, 0.2) is 0 Å². The molecule has 114 valence electrons. The van der Waals surface area contributed by atoms with Gasteiger partial charge in [-0.2, -0.15) is 13.2 Å². The molecular weight excluding hydrogens is 294 g/mol. The number of carbonyl (C=O) groups is 2. The van der Waals surface area contributed by atoms with Crippen molar-refractivity contribution < 1.29 is 32.3 Å². The molecule has 1 aliphatic heterocycles. The molecule has 1 amide bonds. The lowest BCUT2D eigenvalue weighted by atomic mass is 10.1. The Bertz CT molecular complexity index is 585. The number of hydrogen-bond acceptors (Lipinski definition) is 2. The lowest BCUT2D eigenvalue weighted by Gasteiger charge is -2.21. The predicted octanol–water partition coefficient (Wildman–Crippen LogP) is 2.53. The van der Waals surface area contributed by atoms with E-state index in [4.69, 9.17) is 5.11 Å². The highest BCUT2D eigenvalue weighted by Gasteiger charge is 2.37. The first-order valence-electron chi connectivity index (χ1n) is 6.12. The minimum absolute atomic E-state index is 0.179. The molecule has 8 heteroatoms. The lowest BCUT2D eigenvalue weighted by Crippen LogP contribution is -2.40. The molecule has 0 bridgehead atoms. The second kappa shape index (κ2) is 5.34. The zero-order chi connectivity index (χ0) is 15.8. The van der Waals surface area contributed by atoms with E-state index in [9.17, 15) is 27.2 Å². The molecular formula is C13H11F4NO3. The van der Waals surface area contributed by atoms with Gasteiger partial charge in [-0.05, 0) is 31.0 Å². The molecule has 1 saturated heterocycles. The van der Waals surface area contributed by atoms with E-state index >= 15 is 0 Å². The summed E-state index contributed by atoms with van der Waals surface area (Å²) in [6, 6.07) is 0.797. The number of halogens is 4. The number of rotatable bonds is 2. The van der Waals surface area contributed by atoms with E-state index in [0.29, 0.717) is 18.6 Å². The van der Waals surface area contributed by atoms with Crippen LogP contribution in [0, 0.1) is 5.82 Å². The van der Waals surface area contributed by atoms with E-state index in [1.54, 1.807) is 0 Å². The van der Waals surface area contributed by atoms with E-state index in [1.165, 1.54) is 0 Å². The molecule has 4 nitrogen and oxygen atoms in total. The maximum absolute atomic E-state index is 13.4. The number of carboxylic acids is 1. The third kappa shape index (κ3) is 2.98. The Morgan fingerprint density at radius 2 is 1.95 bits per heavy atom. The van der Waals surface area contributed by atoms with Crippen LogP contribution in [0.15, 0.2) is 18.2 Å². The number of hydrogen-bond donors (Lipinski definition) is 1. The summed E-state index contributed by atoms with van der Waals surface area (Å²) in [6.07, 6.45) is -4.10. The van der Waals surface area contributed by atoms with Crippen molar-refractivity contribution in [3.8, 4) is 0 Å². The first kappa shape index (κ1) is 15.3. The lowest BCUT2D eigenvalue weighted by molar-refractivity contribution is -0.141. The summed E-state index contributed by atoms with van der Waals surface area (Å²) in [5.41, 5.74) is -1.76. The summed E-state index contributed by atoms with van der Waals surface area (Å²) in [7, 11) is 0. The van der Waals surface area contributed by atoms with Crippen molar-refractivity contribution in [2.45, 2.75) is 25.1 Å². The molecule has 21 heavy (non-hydrogen) atoms. The maximum Gasteiger partial charge on any atom is 0.419 e. The van der Waals surface area contributed by atoms with E-state index in [2.05, 4.69) is 0 Å². The Balaban J connectivity index is 2.28. The third-order valence-corrected chi connectivity index (χ3v) is 3.32. The first-order chi connectivity index (χ1) is 9.71. The van der Waals surface area contributed by atoms with Gasteiger partial charge in [-0.25, -0.2) is 9.18 Å². The molecule has 0 radical (unpaired) electrons. The summed E-state index contributed by atoms with van der Waals surface area (Å²) in [4.78, 5) is 24.1. The Kier molecular flexibility index (Phi) is 3.89. The van der Waals surface area contributed by atoms with Crippen LogP contribution >= 0.6 is 0 Å².